The minimum absolute atomic E-state index is 1.17. The van der Waals surface area contributed by atoms with Gasteiger partial charge in [0.1, 0.15) is 0 Å². The topological polar surface area (TPSA) is 12.0 Å². The van der Waals surface area contributed by atoms with Gasteiger partial charge in [0.15, 0.2) is 0 Å². The first-order chi connectivity index (χ1) is 4.00. The molecule has 0 aliphatic carbocycles. The third-order valence-electron chi connectivity index (χ3n) is 0.929. The van der Waals surface area contributed by atoms with Crippen LogP contribution in [0.4, 0.5) is 0 Å². The molecule has 0 spiro atoms. The maximum absolute atomic E-state index is 3.33. The fraction of sp³-hybridized carbons (Fsp3) is 1.00. The standard InChI is InChI=1S/C4H9BNS2/c1-3-7-5-8-4-2-6-1/h6H,1-4H2. The second kappa shape index (κ2) is 4.59. The van der Waals surface area contributed by atoms with E-state index in [0.29, 0.717) is 0 Å². The molecular formula is C4H9BNS2. The van der Waals surface area contributed by atoms with E-state index in [4.69, 9.17) is 0 Å². The Morgan fingerprint density at radius 1 is 1.12 bits per heavy atom. The van der Waals surface area contributed by atoms with Crippen molar-refractivity contribution in [1.82, 2.24) is 5.32 Å². The predicted octanol–water partition coefficient (Wildman–Crippen LogP) is 0.590. The Balaban J connectivity index is 2.00. The SMILES string of the molecule is [B]1SCCNCCS1. The summed E-state index contributed by atoms with van der Waals surface area (Å²) in [7, 11) is 0. The fourth-order valence-corrected chi connectivity index (χ4v) is 2.21. The van der Waals surface area contributed by atoms with Crippen molar-refractivity contribution in [2.24, 2.45) is 0 Å². The Morgan fingerprint density at radius 3 is 2.38 bits per heavy atom. The minimum Gasteiger partial charge on any atom is -0.315 e. The van der Waals surface area contributed by atoms with Crippen LogP contribution in [0.25, 0.3) is 0 Å². The summed E-state index contributed by atoms with van der Waals surface area (Å²) >= 11 is 3.81. The van der Waals surface area contributed by atoms with E-state index in [1.54, 1.807) is 0 Å². The van der Waals surface area contributed by atoms with Gasteiger partial charge in [-0.05, 0) is 11.5 Å². The summed E-state index contributed by atoms with van der Waals surface area (Å²) in [5.41, 5.74) is 0. The van der Waals surface area contributed by atoms with Crippen molar-refractivity contribution in [2.45, 2.75) is 0 Å². The van der Waals surface area contributed by atoms with Crippen molar-refractivity contribution in [1.29, 1.82) is 0 Å². The summed E-state index contributed by atoms with van der Waals surface area (Å²) in [5.74, 6) is 4.70. The van der Waals surface area contributed by atoms with E-state index >= 15 is 0 Å². The van der Waals surface area contributed by atoms with Gasteiger partial charge in [-0.25, -0.2) is 23.2 Å². The second-order valence-electron chi connectivity index (χ2n) is 1.59. The maximum atomic E-state index is 3.33. The average Bonchev–Trinajstić information content (AvgIpc) is 1.62. The highest BCUT2D eigenvalue weighted by atomic mass is 32.2. The Kier molecular flexibility index (Phi) is 3.92. The van der Waals surface area contributed by atoms with Crippen LogP contribution in [0.5, 0.6) is 0 Å². The van der Waals surface area contributed by atoms with E-state index in [1.165, 1.54) is 24.6 Å². The molecule has 1 heterocycles. The summed E-state index contributed by atoms with van der Waals surface area (Å²) in [6.07, 6.45) is 0. The van der Waals surface area contributed by atoms with Crippen LogP contribution in [-0.4, -0.2) is 30.4 Å². The van der Waals surface area contributed by atoms with Gasteiger partial charge in [-0.1, -0.05) is 0 Å². The lowest BCUT2D eigenvalue weighted by molar-refractivity contribution is 0.775. The molecule has 1 radical (unpaired) electrons. The molecule has 1 fully saturated rings. The van der Waals surface area contributed by atoms with Crippen LogP contribution < -0.4 is 5.32 Å². The molecular weight excluding hydrogens is 137 g/mol. The van der Waals surface area contributed by atoms with Gasteiger partial charge in [0.05, 0.1) is 0 Å². The molecule has 0 atom stereocenters. The van der Waals surface area contributed by atoms with E-state index in [-0.39, 0.29) is 0 Å². The van der Waals surface area contributed by atoms with Crippen LogP contribution in [-0.2, 0) is 0 Å². The van der Waals surface area contributed by atoms with Gasteiger partial charge in [-0.15, -0.1) is 0 Å². The first kappa shape index (κ1) is 6.84. The summed E-state index contributed by atoms with van der Waals surface area (Å²) < 4.78 is 0. The van der Waals surface area contributed by atoms with E-state index in [1.807, 2.05) is 23.2 Å². The summed E-state index contributed by atoms with van der Waals surface area (Å²) in [6, 6.07) is 0. The summed E-state index contributed by atoms with van der Waals surface area (Å²) in [6.45, 7) is 2.34. The molecule has 1 saturated heterocycles. The van der Waals surface area contributed by atoms with Crippen LogP contribution >= 0.6 is 23.2 Å². The molecule has 0 aromatic heterocycles. The molecule has 8 heavy (non-hydrogen) atoms. The molecule has 1 aliphatic heterocycles. The Bertz CT molecular complexity index is 38.0. The number of rotatable bonds is 0. The fourth-order valence-electron chi connectivity index (χ4n) is 0.532. The molecule has 1 rings (SSSR count). The second-order valence-corrected chi connectivity index (χ2v) is 3.84. The molecule has 1 N–H and O–H groups in total. The third kappa shape index (κ3) is 2.90. The molecule has 4 heteroatoms. The number of hydrogen-bond acceptors (Lipinski definition) is 3. The van der Waals surface area contributed by atoms with E-state index in [2.05, 4.69) is 11.2 Å². The molecule has 0 saturated carbocycles. The zero-order valence-corrected chi connectivity index (χ0v) is 6.36. The zero-order chi connectivity index (χ0) is 5.66. The molecule has 1 nitrogen and oxygen atoms in total. The highest BCUT2D eigenvalue weighted by Gasteiger charge is 1.96. The molecule has 0 aromatic rings. The van der Waals surface area contributed by atoms with Crippen LogP contribution in [0, 0.1) is 0 Å². The van der Waals surface area contributed by atoms with Gasteiger partial charge in [0.25, 0.3) is 5.84 Å². The van der Waals surface area contributed by atoms with Crippen LogP contribution in [0.15, 0.2) is 0 Å². The van der Waals surface area contributed by atoms with Crippen molar-refractivity contribution < 1.29 is 0 Å². The van der Waals surface area contributed by atoms with Crippen LogP contribution in [0.3, 0.4) is 0 Å². The van der Waals surface area contributed by atoms with Gasteiger partial charge in [-0.3, -0.25) is 0 Å². The van der Waals surface area contributed by atoms with Crippen molar-refractivity contribution >= 4 is 29.1 Å². The van der Waals surface area contributed by atoms with Crippen LogP contribution in [0.1, 0.15) is 0 Å². The summed E-state index contributed by atoms with van der Waals surface area (Å²) in [5, 5.41) is 3.33. The quantitative estimate of drug-likeness (QED) is 0.502. The third-order valence-corrected chi connectivity index (χ3v) is 2.90. The van der Waals surface area contributed by atoms with E-state index < -0.39 is 0 Å². The van der Waals surface area contributed by atoms with Gasteiger partial charge in [0.2, 0.25) is 0 Å². The highest BCUT2D eigenvalue weighted by Crippen LogP contribution is 2.08. The first-order valence-corrected chi connectivity index (χ1v) is 4.85. The molecule has 0 unspecified atom stereocenters. The van der Waals surface area contributed by atoms with Gasteiger partial charge >= 0.3 is 0 Å². The summed E-state index contributed by atoms with van der Waals surface area (Å²) in [4.78, 5) is 0. The molecule has 1 aliphatic rings. The Morgan fingerprint density at radius 2 is 1.75 bits per heavy atom. The minimum atomic E-state index is 1.17. The van der Waals surface area contributed by atoms with Crippen molar-refractivity contribution in [2.75, 3.05) is 24.6 Å². The van der Waals surface area contributed by atoms with E-state index in [0.717, 1.165) is 0 Å². The normalized spacial score (nSPS) is 23.0. The smallest absolute Gasteiger partial charge is 0.267 e. The van der Waals surface area contributed by atoms with E-state index in [9.17, 15) is 0 Å². The molecule has 45 valence electrons. The molecule has 0 bridgehead atoms. The van der Waals surface area contributed by atoms with Gasteiger partial charge < -0.3 is 5.32 Å². The van der Waals surface area contributed by atoms with Gasteiger partial charge in [0, 0.05) is 13.1 Å². The lowest BCUT2D eigenvalue weighted by Gasteiger charge is -2.07. The van der Waals surface area contributed by atoms with Crippen molar-refractivity contribution in [3.05, 3.63) is 0 Å². The lowest BCUT2D eigenvalue weighted by atomic mass is 10.6. The first-order valence-electron chi connectivity index (χ1n) is 2.76. The lowest BCUT2D eigenvalue weighted by Crippen LogP contribution is -2.22. The zero-order valence-electron chi connectivity index (χ0n) is 4.72. The number of hydrogen-bond donors (Lipinski definition) is 1. The maximum Gasteiger partial charge on any atom is 0.267 e. The number of nitrogens with one attached hydrogen (secondary N) is 1. The van der Waals surface area contributed by atoms with Crippen molar-refractivity contribution in [3.8, 4) is 0 Å². The van der Waals surface area contributed by atoms with Gasteiger partial charge in [-0.2, -0.15) is 0 Å². The molecule has 0 amide bonds. The monoisotopic (exact) mass is 146 g/mol. The largest absolute Gasteiger partial charge is 0.315 e. The van der Waals surface area contributed by atoms with Crippen LogP contribution in [0.2, 0.25) is 0 Å². The molecule has 0 aromatic carbocycles. The average molecular weight is 146 g/mol. The predicted molar refractivity (Wildman–Crippen MR) is 43.5 cm³/mol. The van der Waals surface area contributed by atoms with Crippen molar-refractivity contribution in [3.63, 3.8) is 0 Å². The highest BCUT2D eigenvalue weighted by molar-refractivity contribution is 8.50. The Labute approximate surface area is 59.4 Å². The Hall–Kier alpha value is 0.725.